The van der Waals surface area contributed by atoms with Gasteiger partial charge in [0.1, 0.15) is 0 Å². The van der Waals surface area contributed by atoms with Crippen molar-refractivity contribution in [3.05, 3.63) is 182 Å². The van der Waals surface area contributed by atoms with Crippen LogP contribution in [0.3, 0.4) is 0 Å². The molecule has 0 amide bonds. The van der Waals surface area contributed by atoms with Crippen LogP contribution in [0.4, 0.5) is 0 Å². The molecule has 0 unspecified atom stereocenters. The molecule has 4 nitrogen and oxygen atoms in total. The lowest BCUT2D eigenvalue weighted by atomic mass is 9.92. The first-order valence-corrected chi connectivity index (χ1v) is 20.9. The summed E-state index contributed by atoms with van der Waals surface area (Å²) in [6, 6.07) is 64.3. The third-order valence-electron chi connectivity index (χ3n) is 11.1. The first kappa shape index (κ1) is 33.1. The second-order valence-electron chi connectivity index (χ2n) is 14.6. The average molecular weight is 775 g/mol. The zero-order chi connectivity index (χ0) is 38.2. The Morgan fingerprint density at radius 1 is 0.310 bits per heavy atom. The number of hydrogen-bond acceptors (Lipinski definition) is 6. The molecule has 0 aliphatic rings. The minimum Gasteiger partial charge on any atom is -0.247 e. The van der Waals surface area contributed by atoms with E-state index in [1.54, 1.807) is 0 Å². The highest BCUT2D eigenvalue weighted by Gasteiger charge is 2.21. The van der Waals surface area contributed by atoms with Crippen molar-refractivity contribution in [1.82, 2.24) is 19.9 Å². The minimum absolute atomic E-state index is 0.637. The van der Waals surface area contributed by atoms with E-state index in [1.807, 2.05) is 40.9 Å². The maximum atomic E-state index is 5.31. The van der Waals surface area contributed by atoms with Gasteiger partial charge in [0.25, 0.3) is 0 Å². The van der Waals surface area contributed by atoms with Crippen LogP contribution >= 0.6 is 22.7 Å². The maximum absolute atomic E-state index is 5.31. The van der Waals surface area contributed by atoms with E-state index in [9.17, 15) is 0 Å². The fourth-order valence-electron chi connectivity index (χ4n) is 8.37. The number of para-hydroxylation sites is 1. The number of thiophene rings is 2. The van der Waals surface area contributed by atoms with Crippen molar-refractivity contribution in [2.75, 3.05) is 0 Å². The first-order chi connectivity index (χ1) is 28.7. The van der Waals surface area contributed by atoms with Crippen molar-refractivity contribution < 1.29 is 0 Å². The molecule has 6 heteroatoms. The van der Waals surface area contributed by atoms with E-state index in [4.69, 9.17) is 19.9 Å². The molecule has 0 fully saturated rings. The summed E-state index contributed by atoms with van der Waals surface area (Å²) in [6.07, 6.45) is 0. The summed E-state index contributed by atoms with van der Waals surface area (Å²) >= 11 is 3.67. The van der Waals surface area contributed by atoms with Crippen LogP contribution in [0.5, 0.6) is 0 Å². The lowest BCUT2D eigenvalue weighted by Crippen LogP contribution is -2.00. The Bertz CT molecular complexity index is 3560. The number of fused-ring (bicyclic) bond motifs is 10. The molecule has 0 N–H and O–H groups in total. The molecule has 8 aromatic carbocycles. The number of rotatable bonds is 5. The number of pyridine rings is 1. The predicted octanol–water partition coefficient (Wildman–Crippen LogP) is 14.6. The monoisotopic (exact) mass is 774 g/mol. The topological polar surface area (TPSA) is 51.6 Å². The number of nitrogens with zero attached hydrogens (tertiary/aromatic N) is 4. The first-order valence-electron chi connectivity index (χ1n) is 19.3. The van der Waals surface area contributed by atoms with E-state index in [0.717, 1.165) is 44.4 Å². The van der Waals surface area contributed by atoms with Gasteiger partial charge in [-0.15, -0.1) is 22.7 Å². The van der Waals surface area contributed by atoms with E-state index in [0.29, 0.717) is 17.5 Å². The van der Waals surface area contributed by atoms with Gasteiger partial charge in [-0.2, -0.15) is 0 Å². The molecule has 4 heterocycles. The predicted molar refractivity (Wildman–Crippen MR) is 246 cm³/mol. The van der Waals surface area contributed by atoms with Crippen LogP contribution in [0.15, 0.2) is 182 Å². The normalized spacial score (nSPS) is 11.8. The molecule has 0 atom stereocenters. The van der Waals surface area contributed by atoms with E-state index >= 15 is 0 Å². The van der Waals surface area contributed by atoms with E-state index < -0.39 is 0 Å². The molecular formula is C52H30N4S2. The highest BCUT2D eigenvalue weighted by molar-refractivity contribution is 7.26. The second kappa shape index (κ2) is 13.2. The highest BCUT2D eigenvalue weighted by atomic mass is 32.1. The number of aromatic nitrogens is 4. The Morgan fingerprint density at radius 2 is 0.845 bits per heavy atom. The Labute approximate surface area is 341 Å². The van der Waals surface area contributed by atoms with Gasteiger partial charge in [0, 0.05) is 84.3 Å². The van der Waals surface area contributed by atoms with Gasteiger partial charge in [0.05, 0.1) is 11.2 Å². The summed E-state index contributed by atoms with van der Waals surface area (Å²) in [7, 11) is 0. The van der Waals surface area contributed by atoms with Crippen molar-refractivity contribution >= 4 is 84.7 Å². The van der Waals surface area contributed by atoms with Gasteiger partial charge >= 0.3 is 0 Å². The highest BCUT2D eigenvalue weighted by Crippen LogP contribution is 2.48. The fourth-order valence-corrected chi connectivity index (χ4v) is 10.7. The Hall–Kier alpha value is -7.12. The smallest absolute Gasteiger partial charge is 0.164 e. The summed E-state index contributed by atoms with van der Waals surface area (Å²) < 4.78 is 5.06. The van der Waals surface area contributed by atoms with Crippen LogP contribution in [-0.2, 0) is 0 Å². The Kier molecular flexibility index (Phi) is 7.55. The van der Waals surface area contributed by atoms with Gasteiger partial charge < -0.3 is 0 Å². The molecule has 12 aromatic rings. The van der Waals surface area contributed by atoms with Crippen molar-refractivity contribution in [1.29, 1.82) is 0 Å². The molecule has 0 aliphatic heterocycles. The third-order valence-corrected chi connectivity index (χ3v) is 13.5. The van der Waals surface area contributed by atoms with E-state index in [2.05, 4.69) is 164 Å². The summed E-state index contributed by atoms with van der Waals surface area (Å²) in [5, 5.41) is 8.56. The van der Waals surface area contributed by atoms with Gasteiger partial charge in [0.15, 0.2) is 17.5 Å². The zero-order valence-corrected chi connectivity index (χ0v) is 32.6. The summed E-state index contributed by atoms with van der Waals surface area (Å²) in [4.78, 5) is 20.6. The van der Waals surface area contributed by atoms with Gasteiger partial charge in [-0.25, -0.2) is 19.9 Å². The SMILES string of the molecule is c1ccc(-c2nc(-c3ccc(-c4cc5c(-c6ccccc6)nc6ccccc6c5c5c4sc4ccccc45)cc3)nc(-c3ccc4sc5ccccc5c4c3)n2)cc1. The fraction of sp³-hybridized carbons (Fsp3) is 0. The zero-order valence-electron chi connectivity index (χ0n) is 30.9. The van der Waals surface area contributed by atoms with Gasteiger partial charge in [-0.05, 0) is 48.0 Å². The summed E-state index contributed by atoms with van der Waals surface area (Å²) in [5.74, 6) is 1.94. The number of hydrogen-bond donors (Lipinski definition) is 0. The average Bonchev–Trinajstić information content (AvgIpc) is 3.88. The van der Waals surface area contributed by atoms with Gasteiger partial charge in [0.2, 0.25) is 0 Å². The van der Waals surface area contributed by atoms with E-state index in [-0.39, 0.29) is 0 Å². The lowest BCUT2D eigenvalue weighted by molar-refractivity contribution is 1.07. The second-order valence-corrected chi connectivity index (χ2v) is 16.7. The molecule has 0 bridgehead atoms. The molecule has 0 saturated heterocycles. The molecule has 0 saturated carbocycles. The molecule has 4 aromatic heterocycles. The molecule has 270 valence electrons. The van der Waals surface area contributed by atoms with Crippen LogP contribution < -0.4 is 0 Å². The van der Waals surface area contributed by atoms with Crippen LogP contribution in [0.1, 0.15) is 0 Å². The molecule has 0 spiro atoms. The van der Waals surface area contributed by atoms with Crippen molar-refractivity contribution in [2.45, 2.75) is 0 Å². The van der Waals surface area contributed by atoms with Crippen LogP contribution in [0.2, 0.25) is 0 Å². The largest absolute Gasteiger partial charge is 0.247 e. The van der Waals surface area contributed by atoms with E-state index in [1.165, 1.54) is 56.7 Å². The molecule has 58 heavy (non-hydrogen) atoms. The minimum atomic E-state index is 0.637. The molecule has 0 aliphatic carbocycles. The van der Waals surface area contributed by atoms with Crippen LogP contribution in [0, 0.1) is 0 Å². The molecule has 0 radical (unpaired) electrons. The van der Waals surface area contributed by atoms with Gasteiger partial charge in [-0.1, -0.05) is 140 Å². The number of benzene rings is 8. The summed E-state index contributed by atoms with van der Waals surface area (Å²) in [5.41, 5.74) is 8.24. The van der Waals surface area contributed by atoms with Crippen molar-refractivity contribution in [3.63, 3.8) is 0 Å². The quantitative estimate of drug-likeness (QED) is 0.163. The maximum Gasteiger partial charge on any atom is 0.164 e. The molecular weight excluding hydrogens is 745 g/mol. The lowest BCUT2D eigenvalue weighted by Gasteiger charge is -2.15. The van der Waals surface area contributed by atoms with Crippen LogP contribution in [-0.4, -0.2) is 19.9 Å². The summed E-state index contributed by atoms with van der Waals surface area (Å²) in [6.45, 7) is 0. The van der Waals surface area contributed by atoms with Gasteiger partial charge in [-0.3, -0.25) is 0 Å². The Balaban J connectivity index is 1.05. The molecule has 12 rings (SSSR count). The standard InChI is InChI=1S/C52H30N4S2/c1-3-13-32(14-4-1)48-41-30-39(49-47(38-19-9-12-22-44(38)58-49)46(41)37-18-7-10-20-42(37)53-48)31-23-25-34(26-24-31)51-54-50(33-15-5-2-6-16-33)55-52(56-51)35-27-28-45-40(29-35)36-17-8-11-21-43(36)57-45/h1-30H. The van der Waals surface area contributed by atoms with Crippen molar-refractivity contribution in [3.8, 4) is 56.5 Å². The third kappa shape index (κ3) is 5.34. The van der Waals surface area contributed by atoms with Crippen molar-refractivity contribution in [2.24, 2.45) is 0 Å². The van der Waals surface area contributed by atoms with Crippen LogP contribution in [0.25, 0.3) is 119 Å². The Morgan fingerprint density at radius 3 is 1.59 bits per heavy atom.